The number of rotatable bonds is 12. The maximum Gasteiger partial charge on any atom is 0.416 e. The third-order valence-electron chi connectivity index (χ3n) is 6.74. The molecule has 196 valence electrons. The zero-order chi connectivity index (χ0) is 26.1. The molecule has 36 heavy (non-hydrogen) atoms. The molecule has 1 aliphatic rings. The summed E-state index contributed by atoms with van der Waals surface area (Å²) in [7, 11) is 0. The van der Waals surface area contributed by atoms with Crippen LogP contribution in [0.5, 0.6) is 0 Å². The number of alkyl halides is 3. The van der Waals surface area contributed by atoms with Gasteiger partial charge in [-0.15, -0.1) is 0 Å². The summed E-state index contributed by atoms with van der Waals surface area (Å²) >= 11 is 0. The first-order valence-corrected chi connectivity index (χ1v) is 12.4. The number of nitrogens with one attached hydrogen (secondary N) is 1. The van der Waals surface area contributed by atoms with Crippen molar-refractivity contribution in [2.75, 3.05) is 19.6 Å². The molecule has 0 unspecified atom stereocenters. The number of ketones is 1. The van der Waals surface area contributed by atoms with E-state index in [1.54, 1.807) is 0 Å². The Kier molecular flexibility index (Phi) is 10.0. The van der Waals surface area contributed by atoms with Gasteiger partial charge in [0.1, 0.15) is 0 Å². The minimum atomic E-state index is -4.50. The number of amides is 1. The lowest BCUT2D eigenvalue weighted by Gasteiger charge is -2.25. The van der Waals surface area contributed by atoms with Crippen molar-refractivity contribution in [2.24, 2.45) is 11.5 Å². The Labute approximate surface area is 210 Å². The minimum absolute atomic E-state index is 0.217. The fraction of sp³-hybridized carbons (Fsp3) is 0.481. The Bertz CT molecular complexity index is 1000. The maximum atomic E-state index is 13.1. The van der Waals surface area contributed by atoms with Gasteiger partial charge in [-0.2, -0.15) is 13.2 Å². The Morgan fingerprint density at radius 1 is 1.06 bits per heavy atom. The Morgan fingerprint density at radius 2 is 1.78 bits per heavy atom. The number of hydrogen-bond donors (Lipinski definition) is 3. The molecule has 5 N–H and O–H groups in total. The summed E-state index contributed by atoms with van der Waals surface area (Å²) in [5.41, 5.74) is 12.4. The van der Waals surface area contributed by atoms with Crippen LogP contribution >= 0.6 is 0 Å². The van der Waals surface area contributed by atoms with Crippen LogP contribution in [0.1, 0.15) is 42.4 Å². The van der Waals surface area contributed by atoms with Crippen LogP contribution in [0, 0.1) is 0 Å². The average Bonchev–Trinajstić information content (AvgIpc) is 3.32. The van der Waals surface area contributed by atoms with Crippen molar-refractivity contribution in [3.8, 4) is 0 Å². The molecule has 2 aromatic rings. The van der Waals surface area contributed by atoms with Crippen molar-refractivity contribution >= 4 is 11.7 Å². The first-order valence-electron chi connectivity index (χ1n) is 12.4. The van der Waals surface area contributed by atoms with Gasteiger partial charge in [-0.1, -0.05) is 48.5 Å². The first-order chi connectivity index (χ1) is 17.2. The number of nitrogens with two attached hydrogens (primary N) is 2. The first kappa shape index (κ1) is 27.8. The number of likely N-dealkylation sites (tertiary alicyclic amines) is 1. The zero-order valence-electron chi connectivity index (χ0n) is 20.3. The van der Waals surface area contributed by atoms with Gasteiger partial charge in [-0.05, 0) is 55.8 Å². The van der Waals surface area contributed by atoms with Crippen LogP contribution in [-0.2, 0) is 28.6 Å². The number of benzene rings is 2. The van der Waals surface area contributed by atoms with E-state index in [2.05, 4.69) is 10.2 Å². The summed E-state index contributed by atoms with van der Waals surface area (Å²) in [6.45, 7) is 2.13. The summed E-state index contributed by atoms with van der Waals surface area (Å²) in [6.07, 6.45) is -1.34. The SMILES string of the molecule is NC[C@@H]1CCCN1CC[C@H](N)C(=O)N[C@@H](CCc1ccccc1)C(=O)Cc1cccc(C(F)(F)F)c1. The van der Waals surface area contributed by atoms with Crippen LogP contribution < -0.4 is 16.8 Å². The zero-order valence-corrected chi connectivity index (χ0v) is 20.3. The molecule has 0 spiro atoms. The van der Waals surface area contributed by atoms with Crippen molar-refractivity contribution in [3.05, 3.63) is 71.3 Å². The topological polar surface area (TPSA) is 101 Å². The molecule has 2 aromatic carbocycles. The smallest absolute Gasteiger partial charge is 0.345 e. The summed E-state index contributed by atoms with van der Waals surface area (Å²) in [6, 6.07) is 12.9. The second-order valence-corrected chi connectivity index (χ2v) is 9.39. The summed E-state index contributed by atoms with van der Waals surface area (Å²) < 4.78 is 39.3. The molecule has 0 bridgehead atoms. The van der Waals surface area contributed by atoms with E-state index in [1.807, 2.05) is 30.3 Å². The molecule has 6 nitrogen and oxygen atoms in total. The van der Waals surface area contributed by atoms with Crippen LogP contribution in [0.3, 0.4) is 0 Å². The van der Waals surface area contributed by atoms with E-state index < -0.39 is 29.7 Å². The second kappa shape index (κ2) is 13.0. The highest BCUT2D eigenvalue weighted by Crippen LogP contribution is 2.29. The third-order valence-corrected chi connectivity index (χ3v) is 6.74. The highest BCUT2D eigenvalue weighted by atomic mass is 19.4. The molecule has 1 fully saturated rings. The van der Waals surface area contributed by atoms with E-state index in [1.165, 1.54) is 12.1 Å². The van der Waals surface area contributed by atoms with Gasteiger partial charge in [-0.3, -0.25) is 14.5 Å². The summed E-state index contributed by atoms with van der Waals surface area (Å²) in [5, 5.41) is 2.77. The van der Waals surface area contributed by atoms with E-state index >= 15 is 0 Å². The Morgan fingerprint density at radius 3 is 2.47 bits per heavy atom. The molecule has 0 aromatic heterocycles. The van der Waals surface area contributed by atoms with E-state index in [0.717, 1.165) is 37.1 Å². The van der Waals surface area contributed by atoms with Crippen molar-refractivity contribution in [1.29, 1.82) is 0 Å². The number of Topliss-reactive ketones (excluding diaryl/α,β-unsaturated/α-hetero) is 1. The molecule has 0 aliphatic carbocycles. The summed E-state index contributed by atoms with van der Waals surface area (Å²) in [5.74, 6) is -0.789. The van der Waals surface area contributed by atoms with Gasteiger partial charge in [0.05, 0.1) is 17.6 Å². The molecule has 0 radical (unpaired) electrons. The Hall–Kier alpha value is -2.75. The second-order valence-electron chi connectivity index (χ2n) is 9.39. The van der Waals surface area contributed by atoms with Crippen LogP contribution in [0.4, 0.5) is 13.2 Å². The normalized spacial score (nSPS) is 18.1. The maximum absolute atomic E-state index is 13.1. The highest BCUT2D eigenvalue weighted by Gasteiger charge is 2.31. The highest BCUT2D eigenvalue weighted by molar-refractivity contribution is 5.91. The van der Waals surface area contributed by atoms with Crippen LogP contribution in [0.15, 0.2) is 54.6 Å². The van der Waals surface area contributed by atoms with Crippen LogP contribution in [0.2, 0.25) is 0 Å². The molecular formula is C27H35F3N4O2. The van der Waals surface area contributed by atoms with E-state index in [9.17, 15) is 22.8 Å². The van der Waals surface area contributed by atoms with Gasteiger partial charge in [-0.25, -0.2) is 0 Å². The van der Waals surface area contributed by atoms with Gasteiger partial charge < -0.3 is 16.8 Å². The fourth-order valence-corrected chi connectivity index (χ4v) is 4.62. The molecule has 1 heterocycles. The van der Waals surface area contributed by atoms with E-state index in [-0.39, 0.29) is 17.8 Å². The predicted octanol–water partition coefficient (Wildman–Crippen LogP) is 3.08. The lowest BCUT2D eigenvalue weighted by molar-refractivity contribution is -0.137. The van der Waals surface area contributed by atoms with Gasteiger partial charge in [0.25, 0.3) is 0 Å². The lowest BCUT2D eigenvalue weighted by Crippen LogP contribution is -2.50. The molecule has 3 atom stereocenters. The number of hydrogen-bond acceptors (Lipinski definition) is 5. The van der Waals surface area contributed by atoms with Gasteiger partial charge in [0, 0.05) is 25.6 Å². The standard InChI is InChI=1S/C27H35F3N4O2/c28-27(29,30)21-9-4-8-20(16-21)17-25(35)24(12-11-19-6-2-1-3-7-19)33-26(36)23(32)13-15-34-14-5-10-22(34)18-31/h1-4,6-9,16,22-24H,5,10-15,17-18,31-32H2,(H,33,36)/t22-,23-,24-/m0/s1. The molecular weight excluding hydrogens is 469 g/mol. The monoisotopic (exact) mass is 504 g/mol. The average molecular weight is 505 g/mol. The van der Waals surface area contributed by atoms with Crippen molar-refractivity contribution in [3.63, 3.8) is 0 Å². The molecule has 1 amide bonds. The lowest BCUT2D eigenvalue weighted by atomic mass is 9.96. The van der Waals surface area contributed by atoms with Crippen molar-refractivity contribution < 1.29 is 22.8 Å². The molecule has 9 heteroatoms. The summed E-state index contributed by atoms with van der Waals surface area (Å²) in [4.78, 5) is 28.3. The number of carbonyl (C=O) groups is 2. The number of aryl methyl sites for hydroxylation is 1. The molecule has 1 aliphatic heterocycles. The number of halogens is 3. The van der Waals surface area contributed by atoms with Crippen molar-refractivity contribution in [2.45, 2.75) is 62.8 Å². The fourth-order valence-electron chi connectivity index (χ4n) is 4.62. The van der Waals surface area contributed by atoms with Gasteiger partial charge in [0.2, 0.25) is 5.91 Å². The quantitative estimate of drug-likeness (QED) is 0.413. The number of nitrogens with zero attached hydrogens (tertiary/aromatic N) is 1. The molecule has 3 rings (SSSR count). The van der Waals surface area contributed by atoms with Crippen molar-refractivity contribution in [1.82, 2.24) is 10.2 Å². The van der Waals surface area contributed by atoms with E-state index in [4.69, 9.17) is 11.5 Å². The van der Waals surface area contributed by atoms with Crippen LogP contribution in [-0.4, -0.2) is 54.4 Å². The minimum Gasteiger partial charge on any atom is -0.345 e. The molecule has 1 saturated heterocycles. The van der Waals surface area contributed by atoms with Gasteiger partial charge >= 0.3 is 6.18 Å². The molecule has 0 saturated carbocycles. The largest absolute Gasteiger partial charge is 0.416 e. The number of carbonyl (C=O) groups excluding carboxylic acids is 2. The van der Waals surface area contributed by atoms with Crippen LogP contribution in [0.25, 0.3) is 0 Å². The van der Waals surface area contributed by atoms with E-state index in [0.29, 0.717) is 38.4 Å². The Balaban J connectivity index is 1.65. The van der Waals surface area contributed by atoms with Gasteiger partial charge in [0.15, 0.2) is 5.78 Å². The predicted molar refractivity (Wildman–Crippen MR) is 133 cm³/mol. The third kappa shape index (κ3) is 8.15.